The van der Waals surface area contributed by atoms with Gasteiger partial charge in [-0.25, -0.2) is 0 Å². The van der Waals surface area contributed by atoms with Crippen molar-refractivity contribution in [3.05, 3.63) is 50.1 Å². The lowest BCUT2D eigenvalue weighted by Crippen LogP contribution is -1.95. The summed E-state index contributed by atoms with van der Waals surface area (Å²) in [7, 11) is 1.67. The van der Waals surface area contributed by atoms with Crippen LogP contribution in [0.5, 0.6) is 5.75 Å². The number of benzene rings is 1. The van der Waals surface area contributed by atoms with Crippen LogP contribution in [-0.4, -0.2) is 7.11 Å². The minimum Gasteiger partial charge on any atom is -0.497 e. The lowest BCUT2D eigenvalue weighted by atomic mass is 10.0. The molecule has 1 aromatic carbocycles. The number of alkyl halides is 1. The highest BCUT2D eigenvalue weighted by Crippen LogP contribution is 2.37. The van der Waals surface area contributed by atoms with Crippen LogP contribution in [0.4, 0.5) is 0 Å². The van der Waals surface area contributed by atoms with E-state index in [1.807, 2.05) is 24.3 Å². The lowest BCUT2D eigenvalue weighted by Gasteiger charge is -2.12. The first-order valence-corrected chi connectivity index (χ1v) is 7.20. The van der Waals surface area contributed by atoms with E-state index in [1.165, 1.54) is 0 Å². The standard InChI is InChI=1S/C13H12BrClOS/c1-8-7-9(16-2)3-4-10(8)13(15)11-5-6-12(14)17-11/h3-7,13H,1-2H3. The summed E-state index contributed by atoms with van der Waals surface area (Å²) in [5.74, 6) is 0.863. The van der Waals surface area contributed by atoms with Crippen molar-refractivity contribution in [2.24, 2.45) is 0 Å². The van der Waals surface area contributed by atoms with Crippen molar-refractivity contribution in [1.82, 2.24) is 0 Å². The second-order valence-corrected chi connectivity index (χ2v) is 6.66. The zero-order chi connectivity index (χ0) is 12.4. The molecule has 0 saturated heterocycles. The average molecular weight is 332 g/mol. The molecule has 0 saturated carbocycles. The maximum atomic E-state index is 6.49. The van der Waals surface area contributed by atoms with E-state index < -0.39 is 0 Å². The van der Waals surface area contributed by atoms with Crippen LogP contribution in [0, 0.1) is 6.92 Å². The van der Waals surface area contributed by atoms with Gasteiger partial charge in [0.15, 0.2) is 0 Å². The first-order chi connectivity index (χ1) is 8.11. The average Bonchev–Trinajstić information content (AvgIpc) is 2.75. The number of rotatable bonds is 3. The molecule has 0 aliphatic rings. The van der Waals surface area contributed by atoms with E-state index in [2.05, 4.69) is 28.9 Å². The van der Waals surface area contributed by atoms with E-state index >= 15 is 0 Å². The molecule has 4 heteroatoms. The third kappa shape index (κ3) is 2.84. The van der Waals surface area contributed by atoms with Crippen LogP contribution in [0.25, 0.3) is 0 Å². The van der Waals surface area contributed by atoms with Crippen LogP contribution in [0.1, 0.15) is 21.4 Å². The SMILES string of the molecule is COc1ccc(C(Cl)c2ccc(Br)s2)c(C)c1. The van der Waals surface area contributed by atoms with Crippen molar-refractivity contribution < 1.29 is 4.74 Å². The molecule has 0 aliphatic carbocycles. The number of thiophene rings is 1. The van der Waals surface area contributed by atoms with Gasteiger partial charge in [0.05, 0.1) is 16.3 Å². The quantitative estimate of drug-likeness (QED) is 0.706. The van der Waals surface area contributed by atoms with Gasteiger partial charge in [0.2, 0.25) is 0 Å². The van der Waals surface area contributed by atoms with Gasteiger partial charge >= 0.3 is 0 Å². The van der Waals surface area contributed by atoms with Crippen LogP contribution in [0.15, 0.2) is 34.1 Å². The summed E-state index contributed by atoms with van der Waals surface area (Å²) in [6.07, 6.45) is 0. The van der Waals surface area contributed by atoms with Crippen molar-refractivity contribution in [3.8, 4) is 5.75 Å². The number of ether oxygens (including phenoxy) is 1. The molecule has 0 radical (unpaired) electrons. The van der Waals surface area contributed by atoms with Crippen molar-refractivity contribution in [3.63, 3.8) is 0 Å². The van der Waals surface area contributed by atoms with Gasteiger partial charge in [0.25, 0.3) is 0 Å². The highest BCUT2D eigenvalue weighted by molar-refractivity contribution is 9.11. The molecule has 17 heavy (non-hydrogen) atoms. The molecule has 1 unspecified atom stereocenters. The zero-order valence-corrected chi connectivity index (χ0v) is 12.7. The Labute approximate surface area is 119 Å². The largest absolute Gasteiger partial charge is 0.497 e. The zero-order valence-electron chi connectivity index (χ0n) is 9.54. The smallest absolute Gasteiger partial charge is 0.119 e. The molecular formula is C13H12BrClOS. The summed E-state index contributed by atoms with van der Waals surface area (Å²) in [4.78, 5) is 1.15. The molecule has 1 aromatic heterocycles. The molecule has 0 aliphatic heterocycles. The maximum absolute atomic E-state index is 6.49. The van der Waals surface area contributed by atoms with E-state index in [0.29, 0.717) is 0 Å². The summed E-state index contributed by atoms with van der Waals surface area (Å²) in [5, 5.41) is -0.0998. The van der Waals surface area contributed by atoms with E-state index in [4.69, 9.17) is 16.3 Å². The van der Waals surface area contributed by atoms with Gasteiger partial charge in [-0.15, -0.1) is 22.9 Å². The first-order valence-electron chi connectivity index (χ1n) is 5.15. The van der Waals surface area contributed by atoms with E-state index in [-0.39, 0.29) is 5.38 Å². The molecular weight excluding hydrogens is 320 g/mol. The molecule has 2 aromatic rings. The number of hydrogen-bond acceptors (Lipinski definition) is 2. The second kappa shape index (κ2) is 5.42. The fourth-order valence-corrected chi connectivity index (χ4v) is 3.55. The van der Waals surface area contributed by atoms with E-state index in [1.54, 1.807) is 18.4 Å². The van der Waals surface area contributed by atoms with Crippen LogP contribution >= 0.6 is 38.9 Å². The third-order valence-corrected chi connectivity index (χ3v) is 4.88. The summed E-state index contributed by atoms with van der Waals surface area (Å²) in [6.45, 7) is 2.05. The molecule has 90 valence electrons. The normalized spacial score (nSPS) is 12.5. The Morgan fingerprint density at radius 1 is 1.29 bits per heavy atom. The highest BCUT2D eigenvalue weighted by atomic mass is 79.9. The van der Waals surface area contributed by atoms with Crippen LogP contribution in [0.3, 0.4) is 0 Å². The molecule has 0 fully saturated rings. The fourth-order valence-electron chi connectivity index (χ4n) is 1.68. The number of methoxy groups -OCH3 is 1. The Morgan fingerprint density at radius 2 is 2.06 bits per heavy atom. The molecule has 1 nitrogen and oxygen atoms in total. The Kier molecular flexibility index (Phi) is 4.13. The van der Waals surface area contributed by atoms with E-state index in [9.17, 15) is 0 Å². The predicted octanol–water partition coefficient (Wildman–Crippen LogP) is 5.16. The number of aryl methyl sites for hydroxylation is 1. The maximum Gasteiger partial charge on any atom is 0.119 e. The Hall–Kier alpha value is -0.510. The monoisotopic (exact) mass is 330 g/mol. The van der Waals surface area contributed by atoms with Crippen molar-refractivity contribution >= 4 is 38.9 Å². The Bertz CT molecular complexity index is 524. The Morgan fingerprint density at radius 3 is 2.59 bits per heavy atom. The Balaban J connectivity index is 2.34. The highest BCUT2D eigenvalue weighted by Gasteiger charge is 2.15. The molecule has 0 bridgehead atoms. The molecule has 2 rings (SSSR count). The summed E-state index contributed by atoms with van der Waals surface area (Å²) < 4.78 is 6.29. The lowest BCUT2D eigenvalue weighted by molar-refractivity contribution is 0.414. The molecule has 1 atom stereocenters. The summed E-state index contributed by atoms with van der Waals surface area (Å²) in [6, 6.07) is 10.1. The number of hydrogen-bond donors (Lipinski definition) is 0. The van der Waals surface area contributed by atoms with Gasteiger partial charge in [-0.1, -0.05) is 6.07 Å². The second-order valence-electron chi connectivity index (χ2n) is 3.73. The van der Waals surface area contributed by atoms with Crippen LogP contribution in [0.2, 0.25) is 0 Å². The molecule has 1 heterocycles. The summed E-state index contributed by atoms with van der Waals surface area (Å²) in [5.41, 5.74) is 2.27. The third-order valence-electron chi connectivity index (χ3n) is 2.59. The van der Waals surface area contributed by atoms with E-state index in [0.717, 1.165) is 25.5 Å². The van der Waals surface area contributed by atoms with Gasteiger partial charge in [0, 0.05) is 4.88 Å². The summed E-state index contributed by atoms with van der Waals surface area (Å²) >= 11 is 11.6. The van der Waals surface area contributed by atoms with Crippen molar-refractivity contribution in [2.45, 2.75) is 12.3 Å². The van der Waals surface area contributed by atoms with Crippen molar-refractivity contribution in [1.29, 1.82) is 0 Å². The predicted molar refractivity (Wildman–Crippen MR) is 77.4 cm³/mol. The van der Waals surface area contributed by atoms with Gasteiger partial charge in [-0.05, 0) is 58.2 Å². The topological polar surface area (TPSA) is 9.23 Å². The van der Waals surface area contributed by atoms with Gasteiger partial charge in [-0.3, -0.25) is 0 Å². The minimum atomic E-state index is -0.0998. The first kappa shape index (κ1) is 12.9. The van der Waals surface area contributed by atoms with Gasteiger partial charge < -0.3 is 4.74 Å². The van der Waals surface area contributed by atoms with Crippen LogP contribution in [-0.2, 0) is 0 Å². The van der Waals surface area contributed by atoms with Gasteiger partial charge in [0.1, 0.15) is 5.75 Å². The van der Waals surface area contributed by atoms with Gasteiger partial charge in [-0.2, -0.15) is 0 Å². The minimum absolute atomic E-state index is 0.0998. The fraction of sp³-hybridized carbons (Fsp3) is 0.231. The molecule has 0 spiro atoms. The molecule has 0 N–H and O–H groups in total. The van der Waals surface area contributed by atoms with Crippen molar-refractivity contribution in [2.75, 3.05) is 7.11 Å². The molecule has 0 amide bonds. The van der Waals surface area contributed by atoms with Crippen LogP contribution < -0.4 is 4.74 Å². The number of halogens is 2.